The third kappa shape index (κ3) is 8.00. The first-order chi connectivity index (χ1) is 9.78. The highest BCUT2D eigenvalue weighted by atomic mass is 35.5. The van der Waals surface area contributed by atoms with Crippen LogP contribution in [0.3, 0.4) is 0 Å². The average molecular weight is 354 g/mol. The highest BCUT2D eigenvalue weighted by Gasteiger charge is 2.19. The van der Waals surface area contributed by atoms with Crippen molar-refractivity contribution in [3.8, 4) is 0 Å². The molecule has 0 aromatic carbocycles. The lowest BCUT2D eigenvalue weighted by atomic mass is 9.96. The molecule has 0 aromatic heterocycles. The number of rotatable bonds is 7. The molecule has 2 heterocycles. The molecule has 0 aromatic rings. The van der Waals surface area contributed by atoms with Crippen molar-refractivity contribution in [1.29, 1.82) is 0 Å². The average Bonchev–Trinajstić information content (AvgIpc) is 2.98. The van der Waals surface area contributed by atoms with Gasteiger partial charge in [0.25, 0.3) is 0 Å². The van der Waals surface area contributed by atoms with Crippen molar-refractivity contribution in [1.82, 2.24) is 15.5 Å². The van der Waals surface area contributed by atoms with E-state index in [0.29, 0.717) is 12.3 Å². The molecule has 2 aliphatic rings. The summed E-state index contributed by atoms with van der Waals surface area (Å²) in [5, 5.41) is 6.50. The number of likely N-dealkylation sites (tertiary alicyclic amines) is 1. The Morgan fingerprint density at radius 3 is 2.50 bits per heavy atom. The van der Waals surface area contributed by atoms with Crippen molar-refractivity contribution in [3.63, 3.8) is 0 Å². The van der Waals surface area contributed by atoms with Crippen molar-refractivity contribution in [2.24, 2.45) is 11.8 Å². The lowest BCUT2D eigenvalue weighted by molar-refractivity contribution is -0.121. The minimum absolute atomic E-state index is 0. The van der Waals surface area contributed by atoms with Crippen LogP contribution in [0.25, 0.3) is 0 Å². The Balaban J connectivity index is 0.00000220. The number of carbonyl (C=O) groups is 1. The molecule has 6 heteroatoms. The van der Waals surface area contributed by atoms with E-state index in [2.05, 4.69) is 22.5 Å². The highest BCUT2D eigenvalue weighted by Crippen LogP contribution is 2.17. The van der Waals surface area contributed by atoms with Gasteiger partial charge in [0.05, 0.1) is 0 Å². The van der Waals surface area contributed by atoms with Gasteiger partial charge in [-0.25, -0.2) is 0 Å². The second kappa shape index (κ2) is 12.4. The SMILES string of the molecule is CCCN1CCC(CNC(=O)CCC2CCNC2)CC1.Cl.Cl. The number of nitrogens with one attached hydrogen (secondary N) is 2. The van der Waals surface area contributed by atoms with Gasteiger partial charge in [-0.2, -0.15) is 0 Å². The molecule has 1 amide bonds. The molecule has 132 valence electrons. The van der Waals surface area contributed by atoms with Gasteiger partial charge >= 0.3 is 0 Å². The number of halogens is 2. The van der Waals surface area contributed by atoms with Crippen LogP contribution >= 0.6 is 24.8 Å². The summed E-state index contributed by atoms with van der Waals surface area (Å²) in [4.78, 5) is 14.4. The Hall–Kier alpha value is -0.0300. The van der Waals surface area contributed by atoms with Gasteiger partial charge in [0.1, 0.15) is 0 Å². The summed E-state index contributed by atoms with van der Waals surface area (Å²) >= 11 is 0. The Kier molecular flexibility index (Phi) is 12.4. The molecule has 0 spiro atoms. The van der Waals surface area contributed by atoms with Crippen molar-refractivity contribution in [3.05, 3.63) is 0 Å². The molecule has 1 atom stereocenters. The molecular weight excluding hydrogens is 321 g/mol. The Morgan fingerprint density at radius 2 is 1.91 bits per heavy atom. The third-order valence-electron chi connectivity index (χ3n) is 4.78. The van der Waals surface area contributed by atoms with E-state index in [-0.39, 0.29) is 30.7 Å². The number of hydrogen-bond donors (Lipinski definition) is 2. The fraction of sp³-hybridized carbons (Fsp3) is 0.938. The van der Waals surface area contributed by atoms with E-state index >= 15 is 0 Å². The van der Waals surface area contributed by atoms with Crippen LogP contribution in [0.5, 0.6) is 0 Å². The first-order valence-electron chi connectivity index (χ1n) is 8.47. The van der Waals surface area contributed by atoms with Crippen LogP contribution in [-0.4, -0.2) is 50.1 Å². The predicted molar refractivity (Wildman–Crippen MR) is 97.2 cm³/mol. The molecule has 0 bridgehead atoms. The van der Waals surface area contributed by atoms with Crippen molar-refractivity contribution >= 4 is 30.7 Å². The topological polar surface area (TPSA) is 44.4 Å². The van der Waals surface area contributed by atoms with E-state index < -0.39 is 0 Å². The second-order valence-electron chi connectivity index (χ2n) is 6.49. The van der Waals surface area contributed by atoms with Gasteiger partial charge in [-0.3, -0.25) is 4.79 Å². The summed E-state index contributed by atoms with van der Waals surface area (Å²) < 4.78 is 0. The van der Waals surface area contributed by atoms with Crippen molar-refractivity contribution < 1.29 is 4.79 Å². The highest BCUT2D eigenvalue weighted by molar-refractivity contribution is 5.85. The summed E-state index contributed by atoms with van der Waals surface area (Å²) in [6, 6.07) is 0. The van der Waals surface area contributed by atoms with Crippen molar-refractivity contribution in [2.45, 2.75) is 45.4 Å². The minimum atomic E-state index is 0. The largest absolute Gasteiger partial charge is 0.356 e. The first-order valence-corrected chi connectivity index (χ1v) is 8.47. The molecule has 2 fully saturated rings. The van der Waals surface area contributed by atoms with Crippen LogP contribution in [0.15, 0.2) is 0 Å². The van der Waals surface area contributed by atoms with Gasteiger partial charge in [0.15, 0.2) is 0 Å². The lowest BCUT2D eigenvalue weighted by Crippen LogP contribution is -2.38. The third-order valence-corrected chi connectivity index (χ3v) is 4.78. The normalized spacial score (nSPS) is 22.7. The molecule has 2 rings (SSSR count). The van der Waals surface area contributed by atoms with Gasteiger partial charge in [-0.1, -0.05) is 6.92 Å². The predicted octanol–water partition coefficient (Wildman–Crippen LogP) is 2.46. The molecule has 2 saturated heterocycles. The molecule has 0 aliphatic carbocycles. The van der Waals surface area contributed by atoms with E-state index in [1.54, 1.807) is 0 Å². The minimum Gasteiger partial charge on any atom is -0.356 e. The van der Waals surface area contributed by atoms with E-state index in [1.807, 2.05) is 0 Å². The van der Waals surface area contributed by atoms with Gasteiger partial charge < -0.3 is 15.5 Å². The van der Waals surface area contributed by atoms with Crippen LogP contribution < -0.4 is 10.6 Å². The van der Waals surface area contributed by atoms with E-state index in [0.717, 1.165) is 32.0 Å². The number of nitrogens with zero attached hydrogens (tertiary/aromatic N) is 1. The van der Waals surface area contributed by atoms with Crippen molar-refractivity contribution in [2.75, 3.05) is 39.3 Å². The molecule has 2 aliphatic heterocycles. The van der Waals surface area contributed by atoms with Gasteiger partial charge in [0, 0.05) is 13.0 Å². The number of carbonyl (C=O) groups excluding carboxylic acids is 1. The number of hydrogen-bond acceptors (Lipinski definition) is 3. The lowest BCUT2D eigenvalue weighted by Gasteiger charge is -2.31. The van der Waals surface area contributed by atoms with Crippen LogP contribution in [0.2, 0.25) is 0 Å². The molecule has 2 N–H and O–H groups in total. The molecule has 0 radical (unpaired) electrons. The Morgan fingerprint density at radius 1 is 1.18 bits per heavy atom. The number of amides is 1. The fourth-order valence-electron chi connectivity index (χ4n) is 3.37. The van der Waals surface area contributed by atoms with E-state index in [4.69, 9.17) is 0 Å². The second-order valence-corrected chi connectivity index (χ2v) is 6.49. The van der Waals surface area contributed by atoms with E-state index in [9.17, 15) is 4.79 Å². The number of piperidine rings is 1. The maximum Gasteiger partial charge on any atom is 0.220 e. The molecule has 0 saturated carbocycles. The standard InChI is InChI=1S/C16H31N3O.2ClH/c1-2-9-19-10-6-15(7-11-19)13-18-16(20)4-3-14-5-8-17-12-14;;/h14-15,17H,2-13H2,1H3,(H,18,20);2*1H. The van der Waals surface area contributed by atoms with Gasteiger partial charge in [-0.15, -0.1) is 24.8 Å². The summed E-state index contributed by atoms with van der Waals surface area (Å²) in [6.07, 6.45) is 6.73. The zero-order chi connectivity index (χ0) is 14.2. The van der Waals surface area contributed by atoms with Gasteiger partial charge in [0.2, 0.25) is 5.91 Å². The van der Waals surface area contributed by atoms with E-state index in [1.165, 1.54) is 45.3 Å². The molecule has 4 nitrogen and oxygen atoms in total. The molecular formula is C16H33Cl2N3O. The molecule has 1 unspecified atom stereocenters. The summed E-state index contributed by atoms with van der Waals surface area (Å²) in [6.45, 7) is 9.01. The quantitative estimate of drug-likeness (QED) is 0.738. The smallest absolute Gasteiger partial charge is 0.220 e. The maximum atomic E-state index is 11.9. The molecule has 22 heavy (non-hydrogen) atoms. The van der Waals surface area contributed by atoms with Gasteiger partial charge in [-0.05, 0) is 76.7 Å². The summed E-state index contributed by atoms with van der Waals surface area (Å²) in [7, 11) is 0. The zero-order valence-electron chi connectivity index (χ0n) is 13.8. The van der Waals surface area contributed by atoms with Crippen LogP contribution in [0.4, 0.5) is 0 Å². The maximum absolute atomic E-state index is 11.9. The Bertz CT molecular complexity index is 291. The van der Waals surface area contributed by atoms with Crippen LogP contribution in [0.1, 0.15) is 45.4 Å². The zero-order valence-corrected chi connectivity index (χ0v) is 15.4. The summed E-state index contributed by atoms with van der Waals surface area (Å²) in [5.74, 6) is 1.67. The van der Waals surface area contributed by atoms with Crippen LogP contribution in [-0.2, 0) is 4.79 Å². The first kappa shape index (κ1) is 22.0. The van der Waals surface area contributed by atoms with Crippen LogP contribution in [0, 0.1) is 11.8 Å². The summed E-state index contributed by atoms with van der Waals surface area (Å²) in [5.41, 5.74) is 0. The monoisotopic (exact) mass is 353 g/mol. The Labute approximate surface area is 148 Å². The fourth-order valence-corrected chi connectivity index (χ4v) is 3.37.